The summed E-state index contributed by atoms with van der Waals surface area (Å²) in [5.74, 6) is 0.191. The largest absolute Gasteiger partial charge is 0.378 e. The van der Waals surface area contributed by atoms with Crippen molar-refractivity contribution >= 4 is 29.0 Å². The van der Waals surface area contributed by atoms with Gasteiger partial charge in [0.1, 0.15) is 0 Å². The van der Waals surface area contributed by atoms with Crippen LogP contribution in [0.1, 0.15) is 6.92 Å². The molecule has 1 N–H and O–H groups in total. The van der Waals surface area contributed by atoms with E-state index in [2.05, 4.69) is 25.7 Å². The summed E-state index contributed by atoms with van der Waals surface area (Å²) in [5, 5.41) is 14.9. The van der Waals surface area contributed by atoms with Crippen LogP contribution >= 0.6 is 11.8 Å². The zero-order chi connectivity index (χ0) is 16.8. The molecule has 0 atom stereocenters. The molecule has 9 heteroatoms. The van der Waals surface area contributed by atoms with Gasteiger partial charge < -0.3 is 15.0 Å². The summed E-state index contributed by atoms with van der Waals surface area (Å²) in [4.78, 5) is 14.3. The number of rotatable bonds is 6. The van der Waals surface area contributed by atoms with E-state index in [0.29, 0.717) is 11.7 Å². The van der Waals surface area contributed by atoms with Gasteiger partial charge in [-0.1, -0.05) is 11.8 Å². The standard InChI is InChI=1S/C15H20N6O2S/c1-2-21-15(17-18-19-21)24-11-14(22)16-12-3-5-13(6-4-12)20-7-9-23-10-8-20/h3-6H,2,7-11H2,1H3,(H,16,22). The Morgan fingerprint density at radius 2 is 2.04 bits per heavy atom. The number of amides is 1. The Hall–Kier alpha value is -2.13. The van der Waals surface area contributed by atoms with E-state index in [1.165, 1.54) is 11.8 Å². The Bertz CT molecular complexity index is 669. The fourth-order valence-corrected chi connectivity index (χ4v) is 3.14. The molecule has 3 rings (SSSR count). The summed E-state index contributed by atoms with van der Waals surface area (Å²) in [6, 6.07) is 7.88. The molecule has 1 aromatic heterocycles. The van der Waals surface area contributed by atoms with E-state index in [0.717, 1.165) is 37.7 Å². The molecule has 1 aromatic carbocycles. The number of morpholine rings is 1. The van der Waals surface area contributed by atoms with Crippen molar-refractivity contribution in [1.29, 1.82) is 0 Å². The molecule has 1 aliphatic heterocycles. The van der Waals surface area contributed by atoms with Gasteiger partial charge in [0.2, 0.25) is 11.1 Å². The second kappa shape index (κ2) is 8.11. The molecule has 1 fully saturated rings. The monoisotopic (exact) mass is 348 g/mol. The number of ether oxygens (including phenoxy) is 1. The zero-order valence-corrected chi connectivity index (χ0v) is 14.3. The number of carbonyl (C=O) groups is 1. The molecule has 0 unspecified atom stereocenters. The Morgan fingerprint density at radius 3 is 2.75 bits per heavy atom. The van der Waals surface area contributed by atoms with Gasteiger partial charge in [0.25, 0.3) is 0 Å². The maximum Gasteiger partial charge on any atom is 0.234 e. The SMILES string of the molecule is CCn1nnnc1SCC(=O)Nc1ccc(N2CCOCC2)cc1. The first-order valence-corrected chi connectivity index (χ1v) is 8.86. The fraction of sp³-hybridized carbons (Fsp3) is 0.467. The third-order valence-corrected chi connectivity index (χ3v) is 4.62. The van der Waals surface area contributed by atoms with Crippen LogP contribution in [-0.2, 0) is 16.1 Å². The molecule has 2 heterocycles. The number of carbonyl (C=O) groups excluding carboxylic acids is 1. The number of benzene rings is 1. The smallest absolute Gasteiger partial charge is 0.234 e. The molecule has 0 saturated carbocycles. The highest BCUT2D eigenvalue weighted by Gasteiger charge is 2.12. The lowest BCUT2D eigenvalue weighted by Gasteiger charge is -2.28. The van der Waals surface area contributed by atoms with Crippen molar-refractivity contribution in [3.8, 4) is 0 Å². The highest BCUT2D eigenvalue weighted by atomic mass is 32.2. The van der Waals surface area contributed by atoms with Crippen LogP contribution < -0.4 is 10.2 Å². The first-order valence-electron chi connectivity index (χ1n) is 7.88. The highest BCUT2D eigenvalue weighted by Crippen LogP contribution is 2.20. The van der Waals surface area contributed by atoms with Gasteiger partial charge in [-0.15, -0.1) is 5.10 Å². The van der Waals surface area contributed by atoms with Crippen molar-refractivity contribution in [2.45, 2.75) is 18.6 Å². The summed E-state index contributed by atoms with van der Waals surface area (Å²) in [7, 11) is 0. The van der Waals surface area contributed by atoms with Gasteiger partial charge in [0.05, 0.1) is 19.0 Å². The fourth-order valence-electron chi connectivity index (χ4n) is 2.40. The van der Waals surface area contributed by atoms with Gasteiger partial charge in [-0.3, -0.25) is 4.79 Å². The Balaban J connectivity index is 1.51. The van der Waals surface area contributed by atoms with Crippen LogP contribution in [0.15, 0.2) is 29.4 Å². The molecule has 1 saturated heterocycles. The van der Waals surface area contributed by atoms with Crippen molar-refractivity contribution in [3.63, 3.8) is 0 Å². The number of tetrazole rings is 1. The van der Waals surface area contributed by atoms with Gasteiger partial charge >= 0.3 is 0 Å². The molecule has 1 amide bonds. The van der Waals surface area contributed by atoms with Crippen molar-refractivity contribution < 1.29 is 9.53 Å². The Morgan fingerprint density at radius 1 is 1.29 bits per heavy atom. The minimum Gasteiger partial charge on any atom is -0.378 e. The lowest BCUT2D eigenvalue weighted by atomic mass is 10.2. The van der Waals surface area contributed by atoms with Crippen molar-refractivity contribution in [2.75, 3.05) is 42.3 Å². The van der Waals surface area contributed by atoms with Crippen LogP contribution in [0.3, 0.4) is 0 Å². The van der Waals surface area contributed by atoms with Gasteiger partial charge in [-0.2, -0.15) is 0 Å². The van der Waals surface area contributed by atoms with Gasteiger partial charge in [-0.25, -0.2) is 4.68 Å². The number of aryl methyl sites for hydroxylation is 1. The van der Waals surface area contributed by atoms with E-state index in [1.807, 2.05) is 31.2 Å². The van der Waals surface area contributed by atoms with Crippen molar-refractivity contribution in [3.05, 3.63) is 24.3 Å². The zero-order valence-electron chi connectivity index (χ0n) is 13.5. The molecule has 0 bridgehead atoms. The third-order valence-electron chi connectivity index (χ3n) is 3.66. The molecule has 8 nitrogen and oxygen atoms in total. The molecule has 24 heavy (non-hydrogen) atoms. The summed E-state index contributed by atoms with van der Waals surface area (Å²) in [6.07, 6.45) is 0. The van der Waals surface area contributed by atoms with Crippen LogP contribution in [0.4, 0.5) is 11.4 Å². The normalized spacial score (nSPS) is 14.6. The predicted octanol–water partition coefficient (Wildman–Crippen LogP) is 1.26. The maximum absolute atomic E-state index is 12.1. The number of hydrogen-bond donors (Lipinski definition) is 1. The van der Waals surface area contributed by atoms with Crippen LogP contribution in [0.5, 0.6) is 0 Å². The molecular formula is C15H20N6O2S. The van der Waals surface area contributed by atoms with E-state index in [1.54, 1.807) is 4.68 Å². The minimum absolute atomic E-state index is 0.0789. The van der Waals surface area contributed by atoms with Gasteiger partial charge in [-0.05, 0) is 41.6 Å². The average molecular weight is 348 g/mol. The molecule has 2 aromatic rings. The maximum atomic E-state index is 12.1. The number of aromatic nitrogens is 4. The number of thioether (sulfide) groups is 1. The second-order valence-electron chi connectivity index (χ2n) is 5.26. The van der Waals surface area contributed by atoms with E-state index in [4.69, 9.17) is 4.74 Å². The number of nitrogens with one attached hydrogen (secondary N) is 1. The second-order valence-corrected chi connectivity index (χ2v) is 6.20. The van der Waals surface area contributed by atoms with E-state index in [9.17, 15) is 4.79 Å². The number of anilines is 2. The lowest BCUT2D eigenvalue weighted by molar-refractivity contribution is -0.113. The summed E-state index contributed by atoms with van der Waals surface area (Å²) in [5.41, 5.74) is 1.93. The number of hydrogen-bond acceptors (Lipinski definition) is 7. The van der Waals surface area contributed by atoms with Crippen molar-refractivity contribution in [2.24, 2.45) is 0 Å². The third kappa shape index (κ3) is 4.24. The van der Waals surface area contributed by atoms with Gasteiger partial charge in [0, 0.05) is 31.0 Å². The van der Waals surface area contributed by atoms with E-state index < -0.39 is 0 Å². The predicted molar refractivity (Wildman–Crippen MR) is 92.3 cm³/mol. The van der Waals surface area contributed by atoms with Gasteiger partial charge in [0.15, 0.2) is 0 Å². The molecular weight excluding hydrogens is 328 g/mol. The Labute approximate surface area is 144 Å². The van der Waals surface area contributed by atoms with Crippen molar-refractivity contribution in [1.82, 2.24) is 20.2 Å². The summed E-state index contributed by atoms with van der Waals surface area (Å²) >= 11 is 1.32. The lowest BCUT2D eigenvalue weighted by Crippen LogP contribution is -2.36. The topological polar surface area (TPSA) is 85.2 Å². The number of nitrogens with zero attached hydrogens (tertiary/aromatic N) is 5. The first-order chi connectivity index (χ1) is 11.8. The average Bonchev–Trinajstić information content (AvgIpc) is 3.09. The molecule has 1 aliphatic rings. The van der Waals surface area contributed by atoms with Crippen LogP contribution in [0.2, 0.25) is 0 Å². The quantitative estimate of drug-likeness (QED) is 0.787. The minimum atomic E-state index is -0.0789. The molecule has 128 valence electrons. The van der Waals surface area contributed by atoms with Crippen LogP contribution in [-0.4, -0.2) is 58.2 Å². The Kier molecular flexibility index (Phi) is 5.65. The molecule has 0 aliphatic carbocycles. The summed E-state index contributed by atoms with van der Waals surface area (Å²) < 4.78 is 7.02. The first kappa shape index (κ1) is 16.7. The molecule has 0 spiro atoms. The highest BCUT2D eigenvalue weighted by molar-refractivity contribution is 7.99. The molecule has 0 radical (unpaired) electrons. The van der Waals surface area contributed by atoms with Crippen LogP contribution in [0.25, 0.3) is 0 Å². The van der Waals surface area contributed by atoms with Crippen LogP contribution in [0, 0.1) is 0 Å². The summed E-state index contributed by atoms with van der Waals surface area (Å²) in [6.45, 7) is 5.94. The van der Waals surface area contributed by atoms with E-state index >= 15 is 0 Å². The van der Waals surface area contributed by atoms with E-state index in [-0.39, 0.29) is 11.7 Å².